The van der Waals surface area contributed by atoms with Gasteiger partial charge in [0.15, 0.2) is 0 Å². The number of hydrogen-bond acceptors (Lipinski definition) is 4. The van der Waals surface area contributed by atoms with Crippen molar-refractivity contribution in [3.05, 3.63) is 35.3 Å². The third kappa shape index (κ3) is 5.42. The number of halogens is 4. The highest BCUT2D eigenvalue weighted by Gasteiger charge is 2.28. The van der Waals surface area contributed by atoms with Crippen LogP contribution >= 0.6 is 0 Å². The maximum atomic E-state index is 13.9. The number of carbonyl (C=O) groups excluding carboxylic acids is 2. The molecule has 1 aliphatic heterocycles. The number of fused-ring (bicyclic) bond motifs is 1. The van der Waals surface area contributed by atoms with E-state index in [9.17, 15) is 27.2 Å². The van der Waals surface area contributed by atoms with Crippen molar-refractivity contribution in [1.29, 1.82) is 0 Å². The Morgan fingerprint density at radius 3 is 2.68 bits per heavy atom. The topological polar surface area (TPSA) is 63.9 Å². The van der Waals surface area contributed by atoms with E-state index in [2.05, 4.69) is 5.10 Å². The number of esters is 1. The number of rotatable bonds is 7. The zero-order valence-electron chi connectivity index (χ0n) is 17.3. The quantitative estimate of drug-likeness (QED) is 0.480. The summed E-state index contributed by atoms with van der Waals surface area (Å²) in [5.74, 6) is -1.20. The molecule has 10 heteroatoms. The highest BCUT2D eigenvalue weighted by atomic mass is 19.4. The first-order valence-electron chi connectivity index (χ1n) is 9.86. The van der Waals surface area contributed by atoms with Gasteiger partial charge in [0, 0.05) is 48.1 Å². The molecule has 3 rings (SSSR count). The van der Waals surface area contributed by atoms with Crippen molar-refractivity contribution in [3.63, 3.8) is 0 Å². The summed E-state index contributed by atoms with van der Waals surface area (Å²) in [6, 6.07) is 4.26. The number of benzene rings is 1. The molecule has 6 nitrogen and oxygen atoms in total. The van der Waals surface area contributed by atoms with Crippen LogP contribution in [0.3, 0.4) is 0 Å². The van der Waals surface area contributed by atoms with E-state index in [4.69, 9.17) is 4.74 Å². The molecular formula is C21H23F4N3O3. The van der Waals surface area contributed by atoms with Gasteiger partial charge in [-0.05, 0) is 43.5 Å². The number of methoxy groups -OCH3 is 1. The summed E-state index contributed by atoms with van der Waals surface area (Å²) in [5.41, 5.74) is 2.76. The number of carbonyl (C=O) groups is 2. The summed E-state index contributed by atoms with van der Waals surface area (Å²) in [6.07, 6.45) is -4.68. The molecule has 0 N–H and O–H groups in total. The highest BCUT2D eigenvalue weighted by molar-refractivity contribution is 5.97. The third-order valence-corrected chi connectivity index (χ3v) is 5.32. The molecule has 0 bridgehead atoms. The van der Waals surface area contributed by atoms with Gasteiger partial charge in [0.05, 0.1) is 7.11 Å². The van der Waals surface area contributed by atoms with E-state index in [-0.39, 0.29) is 31.8 Å². The fourth-order valence-corrected chi connectivity index (χ4v) is 3.73. The normalized spacial score (nSPS) is 14.8. The first-order valence-corrected chi connectivity index (χ1v) is 9.86. The Balaban J connectivity index is 1.88. The van der Waals surface area contributed by atoms with Crippen molar-refractivity contribution in [2.24, 2.45) is 5.10 Å². The molecule has 0 atom stereocenters. The third-order valence-electron chi connectivity index (χ3n) is 5.32. The van der Waals surface area contributed by atoms with Gasteiger partial charge in [-0.2, -0.15) is 18.3 Å². The van der Waals surface area contributed by atoms with Crippen molar-refractivity contribution in [2.45, 2.75) is 51.7 Å². The van der Waals surface area contributed by atoms with Crippen LogP contribution in [0.5, 0.6) is 0 Å². The molecule has 1 aromatic carbocycles. The van der Waals surface area contributed by atoms with Crippen LogP contribution in [0.1, 0.15) is 36.9 Å². The number of amides is 1. The maximum Gasteiger partial charge on any atom is 0.389 e. The van der Waals surface area contributed by atoms with Crippen LogP contribution in [0.4, 0.5) is 17.6 Å². The first kappa shape index (κ1) is 22.8. The van der Waals surface area contributed by atoms with E-state index in [1.54, 1.807) is 17.6 Å². The smallest absolute Gasteiger partial charge is 0.389 e. The molecule has 0 spiro atoms. The van der Waals surface area contributed by atoms with Gasteiger partial charge < -0.3 is 9.30 Å². The van der Waals surface area contributed by atoms with Gasteiger partial charge in [-0.1, -0.05) is 0 Å². The van der Waals surface area contributed by atoms with Crippen LogP contribution in [0.25, 0.3) is 10.9 Å². The second kappa shape index (κ2) is 9.07. The summed E-state index contributed by atoms with van der Waals surface area (Å²) < 4.78 is 57.6. The molecule has 2 aromatic rings. The van der Waals surface area contributed by atoms with Crippen LogP contribution in [0.15, 0.2) is 23.3 Å². The predicted octanol–water partition coefficient (Wildman–Crippen LogP) is 4.13. The lowest BCUT2D eigenvalue weighted by molar-refractivity contribution is -0.141. The summed E-state index contributed by atoms with van der Waals surface area (Å²) in [4.78, 5) is 23.9. The monoisotopic (exact) mass is 441 g/mol. The fourth-order valence-electron chi connectivity index (χ4n) is 3.73. The minimum absolute atomic E-state index is 0.0427. The summed E-state index contributed by atoms with van der Waals surface area (Å²) in [5, 5.41) is 5.98. The number of aromatic nitrogens is 1. The van der Waals surface area contributed by atoms with E-state index in [1.807, 2.05) is 0 Å². The Labute approximate surface area is 176 Å². The number of alkyl halides is 3. The second-order valence-electron chi connectivity index (χ2n) is 7.47. The molecule has 2 heterocycles. The Morgan fingerprint density at radius 2 is 2.00 bits per heavy atom. The van der Waals surface area contributed by atoms with Crippen LogP contribution in [-0.2, 0) is 27.3 Å². The van der Waals surface area contributed by atoms with Crippen molar-refractivity contribution >= 4 is 28.5 Å². The van der Waals surface area contributed by atoms with Gasteiger partial charge in [-0.15, -0.1) is 0 Å². The number of ether oxygens (including phenoxy) is 1. The second-order valence-corrected chi connectivity index (χ2v) is 7.47. The molecule has 1 aliphatic rings. The Hall–Kier alpha value is -2.91. The maximum absolute atomic E-state index is 13.9. The lowest BCUT2D eigenvalue weighted by atomic mass is 10.0. The molecule has 168 valence electrons. The minimum atomic E-state index is -4.28. The van der Waals surface area contributed by atoms with Crippen molar-refractivity contribution in [3.8, 4) is 0 Å². The van der Waals surface area contributed by atoms with Crippen LogP contribution in [0, 0.1) is 12.7 Å². The van der Waals surface area contributed by atoms with Gasteiger partial charge in [0.1, 0.15) is 12.4 Å². The van der Waals surface area contributed by atoms with Crippen LogP contribution < -0.4 is 0 Å². The van der Waals surface area contributed by atoms with E-state index in [0.717, 1.165) is 16.3 Å². The standard InChI is InChI=1S/C21H23F4N3O3/c1-13-16(17-10-14(22)4-6-18(17)27(13)12-20(30)31-2)11-15-5-7-19(29)28(26-15)9-3-8-21(23,24)25/h4,6,10H,3,5,7-9,11-12H2,1-2H3. The summed E-state index contributed by atoms with van der Waals surface area (Å²) in [7, 11) is 1.28. The van der Waals surface area contributed by atoms with Crippen molar-refractivity contribution < 1.29 is 31.9 Å². The van der Waals surface area contributed by atoms with E-state index >= 15 is 0 Å². The van der Waals surface area contributed by atoms with Crippen molar-refractivity contribution in [2.75, 3.05) is 13.7 Å². The molecular weight excluding hydrogens is 418 g/mol. The number of nitrogens with zero attached hydrogens (tertiary/aromatic N) is 3. The molecule has 0 aliphatic carbocycles. The Bertz CT molecular complexity index is 1030. The molecule has 0 fully saturated rings. The molecule has 0 unspecified atom stereocenters. The molecule has 1 amide bonds. The van der Waals surface area contributed by atoms with Gasteiger partial charge in [-0.3, -0.25) is 9.59 Å². The fraction of sp³-hybridized carbons (Fsp3) is 0.476. The molecule has 0 saturated heterocycles. The van der Waals surface area contributed by atoms with Gasteiger partial charge in [0.25, 0.3) is 0 Å². The largest absolute Gasteiger partial charge is 0.468 e. The Kier molecular flexibility index (Phi) is 6.66. The summed E-state index contributed by atoms with van der Waals surface area (Å²) >= 11 is 0. The number of hydrogen-bond donors (Lipinski definition) is 0. The molecule has 1 aromatic heterocycles. The van der Waals surface area contributed by atoms with E-state index in [0.29, 0.717) is 29.5 Å². The van der Waals surface area contributed by atoms with Gasteiger partial charge in [-0.25, -0.2) is 9.40 Å². The lowest BCUT2D eigenvalue weighted by Crippen LogP contribution is -2.33. The van der Waals surface area contributed by atoms with E-state index < -0.39 is 24.4 Å². The lowest BCUT2D eigenvalue weighted by Gasteiger charge is -2.24. The average molecular weight is 441 g/mol. The van der Waals surface area contributed by atoms with Gasteiger partial charge >= 0.3 is 12.1 Å². The Morgan fingerprint density at radius 1 is 1.26 bits per heavy atom. The summed E-state index contributed by atoms with van der Waals surface area (Å²) in [6.45, 7) is 1.64. The highest BCUT2D eigenvalue weighted by Crippen LogP contribution is 2.29. The van der Waals surface area contributed by atoms with Gasteiger partial charge in [0.2, 0.25) is 5.91 Å². The number of hydrazone groups is 1. The zero-order valence-corrected chi connectivity index (χ0v) is 17.3. The minimum Gasteiger partial charge on any atom is -0.468 e. The SMILES string of the molecule is COC(=O)Cn1c(C)c(CC2=NN(CCCC(F)(F)F)C(=O)CC2)c2cc(F)ccc21. The first-order chi connectivity index (χ1) is 14.6. The molecule has 0 saturated carbocycles. The molecule has 31 heavy (non-hydrogen) atoms. The van der Waals surface area contributed by atoms with Crippen LogP contribution in [-0.4, -0.2) is 47.0 Å². The van der Waals surface area contributed by atoms with Crippen LogP contribution in [0.2, 0.25) is 0 Å². The van der Waals surface area contributed by atoms with Crippen molar-refractivity contribution in [1.82, 2.24) is 9.58 Å². The average Bonchev–Trinajstić information content (AvgIpc) is 2.94. The zero-order chi connectivity index (χ0) is 22.8. The van der Waals surface area contributed by atoms with E-state index in [1.165, 1.54) is 19.2 Å². The molecule has 0 radical (unpaired) electrons. The predicted molar refractivity (Wildman–Crippen MR) is 106 cm³/mol.